The summed E-state index contributed by atoms with van der Waals surface area (Å²) in [6.45, 7) is 6.83. The summed E-state index contributed by atoms with van der Waals surface area (Å²) < 4.78 is 19.8. The van der Waals surface area contributed by atoms with Gasteiger partial charge < -0.3 is 25.6 Å². The first-order valence-electron chi connectivity index (χ1n) is 11.1. The molecule has 1 fully saturated rings. The van der Waals surface area contributed by atoms with Crippen molar-refractivity contribution in [2.45, 2.75) is 38.8 Å². The molecule has 0 aliphatic carbocycles. The number of nitrogens with one attached hydrogen (secondary N) is 3. The summed E-state index contributed by atoms with van der Waals surface area (Å²) in [7, 11) is 1.59. The number of nitrogens with zero attached hydrogens (tertiary/aromatic N) is 1. The number of carbonyl (C=O) groups excluding carboxylic acids is 3. The standard InChI is InChI=1S/C25H31FN4O4/c1-25(2,3)19-10-9-18(13-20(19)26)28-23(32)22(17-7-5-16(6-8-17)15-34-4)29-21(31)14-30-12-11-27-24(30)33/h5-10,13,22H,11-12,14-15H2,1-4H3,(H,27,33)(H,28,32)(H,29,31)/t22-/m1/s1. The van der Waals surface area contributed by atoms with Crippen molar-refractivity contribution in [3.05, 3.63) is 65.0 Å². The maximum atomic E-state index is 14.6. The first kappa shape index (κ1) is 25.2. The van der Waals surface area contributed by atoms with E-state index in [2.05, 4.69) is 16.0 Å². The molecule has 1 saturated heterocycles. The molecule has 3 N–H and O–H groups in total. The summed E-state index contributed by atoms with van der Waals surface area (Å²) in [5.41, 5.74) is 1.89. The maximum absolute atomic E-state index is 14.6. The number of methoxy groups -OCH3 is 1. The van der Waals surface area contributed by atoms with Crippen LogP contribution in [0.2, 0.25) is 0 Å². The molecule has 182 valence electrons. The second-order valence-electron chi connectivity index (χ2n) is 9.26. The number of hydrogen-bond donors (Lipinski definition) is 3. The van der Waals surface area contributed by atoms with Gasteiger partial charge in [0.15, 0.2) is 0 Å². The van der Waals surface area contributed by atoms with Crippen molar-refractivity contribution < 1.29 is 23.5 Å². The predicted molar refractivity (Wildman–Crippen MR) is 127 cm³/mol. The van der Waals surface area contributed by atoms with Crippen LogP contribution in [-0.4, -0.2) is 49.5 Å². The number of amides is 4. The van der Waals surface area contributed by atoms with Gasteiger partial charge in [0.05, 0.1) is 6.61 Å². The van der Waals surface area contributed by atoms with E-state index in [9.17, 15) is 18.8 Å². The van der Waals surface area contributed by atoms with Gasteiger partial charge in [-0.1, -0.05) is 51.1 Å². The minimum absolute atomic E-state index is 0.174. The van der Waals surface area contributed by atoms with E-state index in [1.165, 1.54) is 11.0 Å². The van der Waals surface area contributed by atoms with Crippen LogP contribution in [0.1, 0.15) is 43.5 Å². The van der Waals surface area contributed by atoms with E-state index in [4.69, 9.17) is 4.74 Å². The molecule has 9 heteroatoms. The molecule has 0 bridgehead atoms. The molecule has 1 heterocycles. The lowest BCUT2D eigenvalue weighted by Crippen LogP contribution is -2.43. The Labute approximate surface area is 198 Å². The number of halogens is 1. The first-order valence-corrected chi connectivity index (χ1v) is 11.1. The van der Waals surface area contributed by atoms with Crippen LogP contribution in [-0.2, 0) is 26.3 Å². The zero-order valence-corrected chi connectivity index (χ0v) is 19.9. The molecule has 34 heavy (non-hydrogen) atoms. The van der Waals surface area contributed by atoms with Crippen molar-refractivity contribution in [2.75, 3.05) is 32.1 Å². The van der Waals surface area contributed by atoms with Gasteiger partial charge in [-0.3, -0.25) is 9.59 Å². The molecule has 4 amide bonds. The van der Waals surface area contributed by atoms with Crippen LogP contribution >= 0.6 is 0 Å². The highest BCUT2D eigenvalue weighted by atomic mass is 19.1. The fraction of sp³-hybridized carbons (Fsp3) is 0.400. The van der Waals surface area contributed by atoms with Crippen LogP contribution in [0.15, 0.2) is 42.5 Å². The van der Waals surface area contributed by atoms with Gasteiger partial charge in [0, 0.05) is 25.9 Å². The average Bonchev–Trinajstić information content (AvgIpc) is 3.16. The van der Waals surface area contributed by atoms with Gasteiger partial charge in [0.1, 0.15) is 18.4 Å². The summed E-state index contributed by atoms with van der Waals surface area (Å²) in [6, 6.07) is 10.2. The highest BCUT2D eigenvalue weighted by Gasteiger charge is 2.27. The minimum Gasteiger partial charge on any atom is -0.380 e. The van der Waals surface area contributed by atoms with E-state index >= 15 is 0 Å². The van der Waals surface area contributed by atoms with Gasteiger partial charge in [-0.2, -0.15) is 0 Å². The van der Waals surface area contributed by atoms with Gasteiger partial charge in [-0.25, -0.2) is 9.18 Å². The Morgan fingerprint density at radius 1 is 1.18 bits per heavy atom. The molecule has 2 aromatic carbocycles. The van der Waals surface area contributed by atoms with Crippen molar-refractivity contribution in [1.82, 2.24) is 15.5 Å². The number of ether oxygens (including phenoxy) is 1. The molecule has 1 aliphatic rings. The second kappa shape index (κ2) is 10.6. The summed E-state index contributed by atoms with van der Waals surface area (Å²) in [6.07, 6.45) is 0. The van der Waals surface area contributed by atoms with E-state index in [0.717, 1.165) is 5.56 Å². The number of urea groups is 1. The molecule has 1 atom stereocenters. The maximum Gasteiger partial charge on any atom is 0.317 e. The van der Waals surface area contributed by atoms with Crippen LogP contribution in [0, 0.1) is 5.82 Å². The van der Waals surface area contributed by atoms with Crippen molar-refractivity contribution in [3.63, 3.8) is 0 Å². The third kappa shape index (κ3) is 6.32. The van der Waals surface area contributed by atoms with Crippen LogP contribution in [0.3, 0.4) is 0 Å². The van der Waals surface area contributed by atoms with Crippen LogP contribution < -0.4 is 16.0 Å². The monoisotopic (exact) mass is 470 g/mol. The minimum atomic E-state index is -1.04. The Bertz CT molecular complexity index is 1050. The number of benzene rings is 2. The molecule has 0 unspecified atom stereocenters. The molecule has 3 rings (SSSR count). The summed E-state index contributed by atoms with van der Waals surface area (Å²) in [4.78, 5) is 39.0. The lowest BCUT2D eigenvalue weighted by atomic mass is 9.86. The Morgan fingerprint density at radius 2 is 1.88 bits per heavy atom. The molecule has 1 aliphatic heterocycles. The predicted octanol–water partition coefficient (Wildman–Crippen LogP) is 3.09. The van der Waals surface area contributed by atoms with E-state index in [1.54, 1.807) is 43.5 Å². The third-order valence-electron chi connectivity index (χ3n) is 5.52. The van der Waals surface area contributed by atoms with E-state index in [1.807, 2.05) is 20.8 Å². The van der Waals surface area contributed by atoms with Gasteiger partial charge in [-0.05, 0) is 34.2 Å². The van der Waals surface area contributed by atoms with Gasteiger partial charge in [-0.15, -0.1) is 0 Å². The molecule has 0 spiro atoms. The highest BCUT2D eigenvalue weighted by molar-refractivity contribution is 5.98. The number of rotatable bonds is 8. The quantitative estimate of drug-likeness (QED) is 0.552. The van der Waals surface area contributed by atoms with Crippen molar-refractivity contribution in [1.29, 1.82) is 0 Å². The average molecular weight is 471 g/mol. The largest absolute Gasteiger partial charge is 0.380 e. The fourth-order valence-electron chi connectivity index (χ4n) is 3.73. The number of anilines is 1. The van der Waals surface area contributed by atoms with Gasteiger partial charge in [0.25, 0.3) is 5.91 Å². The Morgan fingerprint density at radius 3 is 2.44 bits per heavy atom. The SMILES string of the molecule is COCc1ccc([C@@H](NC(=O)CN2CCNC2=O)C(=O)Nc2ccc(C(C)(C)C)c(F)c2)cc1. The Kier molecular flexibility index (Phi) is 7.88. The molecule has 8 nitrogen and oxygen atoms in total. The molecular weight excluding hydrogens is 439 g/mol. The van der Waals surface area contributed by atoms with Crippen molar-refractivity contribution >= 4 is 23.5 Å². The zero-order valence-electron chi connectivity index (χ0n) is 19.9. The Hall–Kier alpha value is -3.46. The molecular formula is C25H31FN4O4. The topological polar surface area (TPSA) is 99.8 Å². The summed E-state index contributed by atoms with van der Waals surface area (Å²) in [5, 5.41) is 8.04. The Balaban J connectivity index is 1.80. The summed E-state index contributed by atoms with van der Waals surface area (Å²) in [5.74, 6) is -1.43. The fourth-order valence-corrected chi connectivity index (χ4v) is 3.73. The van der Waals surface area contributed by atoms with E-state index in [-0.39, 0.29) is 23.7 Å². The van der Waals surface area contributed by atoms with Crippen molar-refractivity contribution in [2.24, 2.45) is 0 Å². The zero-order chi connectivity index (χ0) is 24.9. The smallest absolute Gasteiger partial charge is 0.317 e. The lowest BCUT2D eigenvalue weighted by Gasteiger charge is -2.22. The molecule has 2 aromatic rings. The van der Waals surface area contributed by atoms with Crippen LogP contribution in [0.25, 0.3) is 0 Å². The molecule has 0 aromatic heterocycles. The lowest BCUT2D eigenvalue weighted by molar-refractivity contribution is -0.126. The van der Waals surface area contributed by atoms with E-state index < -0.39 is 23.7 Å². The third-order valence-corrected chi connectivity index (χ3v) is 5.52. The van der Waals surface area contributed by atoms with Gasteiger partial charge >= 0.3 is 6.03 Å². The van der Waals surface area contributed by atoms with Gasteiger partial charge in [0.2, 0.25) is 5.91 Å². The number of hydrogen-bond acceptors (Lipinski definition) is 4. The molecule has 0 radical (unpaired) electrons. The summed E-state index contributed by atoms with van der Waals surface area (Å²) >= 11 is 0. The van der Waals surface area contributed by atoms with Crippen molar-refractivity contribution in [3.8, 4) is 0 Å². The van der Waals surface area contributed by atoms with Crippen LogP contribution in [0.5, 0.6) is 0 Å². The second-order valence-corrected chi connectivity index (χ2v) is 9.26. The number of carbonyl (C=O) groups is 3. The first-order chi connectivity index (χ1) is 16.1. The molecule has 0 saturated carbocycles. The normalized spacial score (nSPS) is 14.5. The highest BCUT2D eigenvalue weighted by Crippen LogP contribution is 2.27. The van der Waals surface area contributed by atoms with E-state index in [0.29, 0.717) is 30.8 Å². The van der Waals surface area contributed by atoms with Crippen LogP contribution in [0.4, 0.5) is 14.9 Å².